The molecule has 1 amide bonds. The first-order chi connectivity index (χ1) is 15.0. The van der Waals surface area contributed by atoms with Gasteiger partial charge in [0.25, 0.3) is 5.91 Å². The third-order valence-corrected chi connectivity index (χ3v) is 7.13. The zero-order valence-corrected chi connectivity index (χ0v) is 17.8. The van der Waals surface area contributed by atoms with Gasteiger partial charge in [-0.2, -0.15) is 4.31 Å². The van der Waals surface area contributed by atoms with Crippen molar-refractivity contribution < 1.29 is 17.9 Å². The molecule has 0 aliphatic carbocycles. The van der Waals surface area contributed by atoms with Gasteiger partial charge >= 0.3 is 0 Å². The third kappa shape index (κ3) is 4.95. The van der Waals surface area contributed by atoms with Crippen molar-refractivity contribution in [1.82, 2.24) is 4.31 Å². The highest BCUT2D eigenvalue weighted by Crippen LogP contribution is 2.23. The van der Waals surface area contributed by atoms with E-state index in [0.717, 1.165) is 24.2 Å². The van der Waals surface area contributed by atoms with Crippen LogP contribution in [0.5, 0.6) is 5.75 Å². The molecule has 0 bridgehead atoms. The summed E-state index contributed by atoms with van der Waals surface area (Å²) >= 11 is 0. The minimum Gasteiger partial charge on any atom is -0.489 e. The van der Waals surface area contributed by atoms with Crippen LogP contribution in [0.1, 0.15) is 28.8 Å². The number of carbonyl (C=O) groups excluding carboxylic acids is 1. The van der Waals surface area contributed by atoms with E-state index in [0.29, 0.717) is 24.3 Å². The van der Waals surface area contributed by atoms with E-state index in [1.807, 2.05) is 42.5 Å². The Morgan fingerprint density at radius 2 is 1.52 bits per heavy atom. The van der Waals surface area contributed by atoms with E-state index in [2.05, 4.69) is 5.32 Å². The van der Waals surface area contributed by atoms with Crippen molar-refractivity contribution in [1.29, 1.82) is 0 Å². The summed E-state index contributed by atoms with van der Waals surface area (Å²) < 4.78 is 32.6. The fraction of sp³-hybridized carbons (Fsp3) is 0.208. The Kier molecular flexibility index (Phi) is 6.34. The van der Waals surface area contributed by atoms with Crippen LogP contribution < -0.4 is 10.1 Å². The normalized spacial score (nSPS) is 14.3. The van der Waals surface area contributed by atoms with E-state index in [9.17, 15) is 13.2 Å². The molecule has 0 atom stereocenters. The molecule has 1 heterocycles. The van der Waals surface area contributed by atoms with E-state index in [-0.39, 0.29) is 17.4 Å². The number of rotatable bonds is 7. The van der Waals surface area contributed by atoms with Crippen LogP contribution in [-0.2, 0) is 16.6 Å². The number of hydrogen-bond acceptors (Lipinski definition) is 4. The number of para-hydroxylation sites is 1. The number of nitrogens with one attached hydrogen (secondary N) is 1. The molecule has 0 aromatic heterocycles. The lowest BCUT2D eigenvalue weighted by atomic mass is 10.1. The van der Waals surface area contributed by atoms with Crippen LogP contribution in [-0.4, -0.2) is 31.7 Å². The molecule has 1 aliphatic heterocycles. The number of anilines is 1. The van der Waals surface area contributed by atoms with Gasteiger partial charge in [-0.1, -0.05) is 36.4 Å². The van der Waals surface area contributed by atoms with Gasteiger partial charge in [-0.3, -0.25) is 4.79 Å². The number of sulfonamides is 1. The van der Waals surface area contributed by atoms with Crippen LogP contribution >= 0.6 is 0 Å². The average Bonchev–Trinajstić information content (AvgIpc) is 3.35. The zero-order chi connectivity index (χ0) is 21.7. The first-order valence-corrected chi connectivity index (χ1v) is 11.7. The Balaban J connectivity index is 1.45. The molecular formula is C24H24N2O4S. The summed E-state index contributed by atoms with van der Waals surface area (Å²) in [4.78, 5) is 13.1. The second kappa shape index (κ2) is 9.32. The van der Waals surface area contributed by atoms with Crippen LogP contribution in [0.15, 0.2) is 83.8 Å². The van der Waals surface area contributed by atoms with Crippen LogP contribution in [0.4, 0.5) is 5.69 Å². The van der Waals surface area contributed by atoms with Gasteiger partial charge in [0.05, 0.1) is 4.90 Å². The highest BCUT2D eigenvalue weighted by molar-refractivity contribution is 7.89. The monoisotopic (exact) mass is 436 g/mol. The standard InChI is InChI=1S/C24H24N2O4S/c27-24(23-11-5-4-8-19(23)18-30-21-9-2-1-3-10-21)25-20-12-14-22(15-13-20)31(28,29)26-16-6-7-17-26/h1-5,8-15H,6-7,16-18H2,(H,25,27). The summed E-state index contributed by atoms with van der Waals surface area (Å²) in [7, 11) is -3.47. The molecule has 31 heavy (non-hydrogen) atoms. The number of amides is 1. The maximum atomic E-state index is 12.8. The van der Waals surface area contributed by atoms with Crippen molar-refractivity contribution in [2.75, 3.05) is 18.4 Å². The van der Waals surface area contributed by atoms with Crippen molar-refractivity contribution in [2.24, 2.45) is 0 Å². The second-order valence-corrected chi connectivity index (χ2v) is 9.29. The van der Waals surface area contributed by atoms with Crippen molar-refractivity contribution in [3.8, 4) is 5.75 Å². The number of ether oxygens (including phenoxy) is 1. The van der Waals surface area contributed by atoms with Crippen LogP contribution in [0.25, 0.3) is 0 Å². The Morgan fingerprint density at radius 3 is 2.23 bits per heavy atom. The van der Waals surface area contributed by atoms with Gasteiger partial charge in [0.2, 0.25) is 10.0 Å². The molecule has 0 saturated carbocycles. The van der Waals surface area contributed by atoms with Crippen molar-refractivity contribution in [3.63, 3.8) is 0 Å². The summed E-state index contributed by atoms with van der Waals surface area (Å²) in [6.45, 7) is 1.38. The molecule has 3 aromatic carbocycles. The number of hydrogen-bond donors (Lipinski definition) is 1. The van der Waals surface area contributed by atoms with Gasteiger partial charge in [-0.25, -0.2) is 8.42 Å². The fourth-order valence-electron chi connectivity index (χ4n) is 3.53. The summed E-state index contributed by atoms with van der Waals surface area (Å²) in [5.74, 6) is 0.454. The van der Waals surface area contributed by atoms with Crippen molar-refractivity contribution in [2.45, 2.75) is 24.3 Å². The van der Waals surface area contributed by atoms with Gasteiger partial charge in [-0.05, 0) is 55.3 Å². The number of benzene rings is 3. The minimum atomic E-state index is -3.47. The largest absolute Gasteiger partial charge is 0.489 e. The molecular weight excluding hydrogens is 412 g/mol. The van der Waals surface area contributed by atoms with Crippen LogP contribution in [0.3, 0.4) is 0 Å². The minimum absolute atomic E-state index is 0.240. The van der Waals surface area contributed by atoms with Gasteiger partial charge in [0.15, 0.2) is 0 Å². The third-order valence-electron chi connectivity index (χ3n) is 5.21. The number of nitrogens with zero attached hydrogens (tertiary/aromatic N) is 1. The maximum absolute atomic E-state index is 12.8. The summed E-state index contributed by atoms with van der Waals surface area (Å²) in [5.41, 5.74) is 1.80. The SMILES string of the molecule is O=C(Nc1ccc(S(=O)(=O)N2CCCC2)cc1)c1ccccc1COc1ccccc1. The molecule has 1 aliphatic rings. The highest BCUT2D eigenvalue weighted by atomic mass is 32.2. The topological polar surface area (TPSA) is 75.7 Å². The van der Waals surface area contributed by atoms with Crippen LogP contribution in [0, 0.1) is 0 Å². The van der Waals surface area contributed by atoms with E-state index >= 15 is 0 Å². The summed E-state index contributed by atoms with van der Waals surface area (Å²) in [6.07, 6.45) is 1.78. The Bertz CT molecular complexity index is 1140. The molecule has 1 N–H and O–H groups in total. The molecule has 4 rings (SSSR count). The van der Waals surface area contributed by atoms with Gasteiger partial charge in [-0.15, -0.1) is 0 Å². The quantitative estimate of drug-likeness (QED) is 0.599. The van der Waals surface area contributed by atoms with E-state index in [1.54, 1.807) is 24.3 Å². The van der Waals surface area contributed by atoms with E-state index in [1.165, 1.54) is 16.4 Å². The van der Waals surface area contributed by atoms with Crippen LogP contribution in [0.2, 0.25) is 0 Å². The lowest BCUT2D eigenvalue weighted by Crippen LogP contribution is -2.27. The molecule has 6 nitrogen and oxygen atoms in total. The van der Waals surface area contributed by atoms with Crippen molar-refractivity contribution >= 4 is 21.6 Å². The molecule has 1 saturated heterocycles. The van der Waals surface area contributed by atoms with E-state index < -0.39 is 10.0 Å². The average molecular weight is 437 g/mol. The second-order valence-electron chi connectivity index (χ2n) is 7.35. The van der Waals surface area contributed by atoms with Gasteiger partial charge < -0.3 is 10.1 Å². The lowest BCUT2D eigenvalue weighted by Gasteiger charge is -2.16. The molecule has 0 radical (unpaired) electrons. The molecule has 0 spiro atoms. The molecule has 3 aromatic rings. The highest BCUT2D eigenvalue weighted by Gasteiger charge is 2.27. The summed E-state index contributed by atoms with van der Waals surface area (Å²) in [6, 6.07) is 23.0. The van der Waals surface area contributed by atoms with Crippen molar-refractivity contribution in [3.05, 3.63) is 90.0 Å². The maximum Gasteiger partial charge on any atom is 0.256 e. The Hall–Kier alpha value is -3.16. The first-order valence-electron chi connectivity index (χ1n) is 10.2. The predicted octanol–water partition coefficient (Wildman–Crippen LogP) is 4.30. The van der Waals surface area contributed by atoms with Gasteiger partial charge in [0.1, 0.15) is 12.4 Å². The van der Waals surface area contributed by atoms with E-state index in [4.69, 9.17) is 4.74 Å². The lowest BCUT2D eigenvalue weighted by molar-refractivity contribution is 0.102. The smallest absolute Gasteiger partial charge is 0.256 e. The zero-order valence-electron chi connectivity index (χ0n) is 17.0. The molecule has 7 heteroatoms. The Morgan fingerprint density at radius 1 is 0.871 bits per heavy atom. The fourth-order valence-corrected chi connectivity index (χ4v) is 5.05. The first kappa shape index (κ1) is 21.1. The summed E-state index contributed by atoms with van der Waals surface area (Å²) in [5, 5.41) is 2.84. The number of carbonyl (C=O) groups is 1. The molecule has 160 valence electrons. The Labute approximate surface area is 182 Å². The predicted molar refractivity (Wildman–Crippen MR) is 120 cm³/mol. The molecule has 0 unspecified atom stereocenters. The van der Waals surface area contributed by atoms with Gasteiger partial charge in [0, 0.05) is 29.9 Å². The molecule has 1 fully saturated rings.